The number of sulfonamides is 1. The second-order valence-electron chi connectivity index (χ2n) is 3.50. The number of hydrogen-bond donors (Lipinski definition) is 1. The molecule has 0 radical (unpaired) electrons. The molecule has 0 aromatic heterocycles. The first-order valence-corrected chi connectivity index (χ1v) is 7.44. The van der Waals surface area contributed by atoms with Crippen molar-refractivity contribution in [3.8, 4) is 6.07 Å². The summed E-state index contributed by atoms with van der Waals surface area (Å²) < 4.78 is 25.9. The lowest BCUT2D eigenvalue weighted by atomic mass is 10.1. The molecule has 1 aromatic rings. The maximum absolute atomic E-state index is 11.7. The Hall–Kier alpha value is -1.35. The zero-order valence-electron chi connectivity index (χ0n) is 9.64. The molecule has 0 aliphatic carbocycles. The van der Waals surface area contributed by atoms with Gasteiger partial charge in [-0.25, -0.2) is 13.1 Å². The maximum Gasteiger partial charge on any atom is 0.216 e. The van der Waals surface area contributed by atoms with Gasteiger partial charge in [0.15, 0.2) is 0 Å². The number of rotatable bonds is 6. The van der Waals surface area contributed by atoms with E-state index in [-0.39, 0.29) is 12.3 Å². The fourth-order valence-electron chi connectivity index (χ4n) is 1.33. The minimum Gasteiger partial charge on any atom is -0.212 e. The molecule has 0 aliphatic heterocycles. The molecule has 0 spiro atoms. The van der Waals surface area contributed by atoms with Crippen LogP contribution in [0, 0.1) is 11.3 Å². The average molecular weight is 285 g/mol. The summed E-state index contributed by atoms with van der Waals surface area (Å²) in [6, 6.07) is 8.60. The highest BCUT2D eigenvalue weighted by Gasteiger charge is 2.12. The minimum atomic E-state index is -3.44. The quantitative estimate of drug-likeness (QED) is 0.639. The lowest BCUT2D eigenvalue weighted by molar-refractivity contribution is 0.584. The molecule has 0 amide bonds. The first-order chi connectivity index (χ1) is 8.59. The van der Waals surface area contributed by atoms with Crippen LogP contribution in [0.5, 0.6) is 0 Å². The van der Waals surface area contributed by atoms with Gasteiger partial charge in [-0.2, -0.15) is 5.26 Å². The number of nitriles is 1. The first-order valence-electron chi connectivity index (χ1n) is 5.25. The lowest BCUT2D eigenvalue weighted by Gasteiger charge is -2.06. The molecule has 6 heteroatoms. The van der Waals surface area contributed by atoms with Crippen LogP contribution in [0.4, 0.5) is 0 Å². The number of alkyl halides is 1. The molecule has 1 N–H and O–H groups in total. The minimum absolute atomic E-state index is 0.198. The number of benzene rings is 1. The van der Waals surface area contributed by atoms with Gasteiger partial charge in [0.25, 0.3) is 0 Å². The van der Waals surface area contributed by atoms with Crippen molar-refractivity contribution in [3.63, 3.8) is 0 Å². The van der Waals surface area contributed by atoms with E-state index in [1.165, 1.54) is 0 Å². The molecule has 0 aliphatic rings. The number of allylic oxidation sites excluding steroid dienone is 1. The van der Waals surface area contributed by atoms with E-state index >= 15 is 0 Å². The van der Waals surface area contributed by atoms with Gasteiger partial charge >= 0.3 is 0 Å². The Morgan fingerprint density at radius 2 is 2.06 bits per heavy atom. The first kappa shape index (κ1) is 14.7. The second kappa shape index (κ2) is 7.17. The van der Waals surface area contributed by atoms with Crippen LogP contribution in [0.3, 0.4) is 0 Å². The normalized spacial score (nSPS) is 11.6. The van der Waals surface area contributed by atoms with Crippen LogP contribution in [0.25, 0.3) is 0 Å². The molecule has 0 saturated heterocycles. The van der Waals surface area contributed by atoms with E-state index < -0.39 is 10.0 Å². The fourth-order valence-corrected chi connectivity index (χ4v) is 2.57. The third kappa shape index (κ3) is 4.88. The Morgan fingerprint density at radius 1 is 1.33 bits per heavy atom. The SMILES string of the molecule is N#Cc1ccccc1CS(=O)(=O)NC/C=C/CCl. The summed E-state index contributed by atoms with van der Waals surface area (Å²) in [5.74, 6) is 0.143. The molecule has 0 fully saturated rings. The predicted molar refractivity (Wildman–Crippen MR) is 71.6 cm³/mol. The van der Waals surface area contributed by atoms with E-state index in [2.05, 4.69) is 4.72 Å². The third-order valence-electron chi connectivity index (χ3n) is 2.16. The van der Waals surface area contributed by atoms with E-state index in [1.807, 2.05) is 6.07 Å². The van der Waals surface area contributed by atoms with Gasteiger partial charge in [-0.05, 0) is 11.6 Å². The molecule has 0 heterocycles. The average Bonchev–Trinajstić information content (AvgIpc) is 2.35. The van der Waals surface area contributed by atoms with Gasteiger partial charge in [0.05, 0.1) is 17.4 Å². The third-order valence-corrected chi connectivity index (χ3v) is 3.64. The molecule has 0 saturated carbocycles. The van der Waals surface area contributed by atoms with Gasteiger partial charge in [0, 0.05) is 12.4 Å². The van der Waals surface area contributed by atoms with Crippen LogP contribution < -0.4 is 4.72 Å². The monoisotopic (exact) mass is 284 g/mol. The van der Waals surface area contributed by atoms with E-state index in [4.69, 9.17) is 16.9 Å². The summed E-state index contributed by atoms with van der Waals surface area (Å²) in [5.41, 5.74) is 0.869. The van der Waals surface area contributed by atoms with Crippen molar-refractivity contribution >= 4 is 21.6 Å². The van der Waals surface area contributed by atoms with Crippen molar-refractivity contribution in [1.82, 2.24) is 4.72 Å². The van der Waals surface area contributed by atoms with E-state index in [0.717, 1.165) is 0 Å². The summed E-state index contributed by atoms with van der Waals surface area (Å²) >= 11 is 5.42. The number of nitrogens with one attached hydrogen (secondary N) is 1. The molecule has 0 unspecified atom stereocenters. The van der Waals surface area contributed by atoms with E-state index in [0.29, 0.717) is 17.0 Å². The molecule has 1 rings (SSSR count). The summed E-state index contributed by atoms with van der Waals surface area (Å²) in [5, 5.41) is 8.87. The van der Waals surface area contributed by atoms with Gasteiger partial charge < -0.3 is 0 Å². The Morgan fingerprint density at radius 3 is 2.72 bits per heavy atom. The van der Waals surface area contributed by atoms with Gasteiger partial charge in [-0.15, -0.1) is 11.6 Å². The molecule has 0 atom stereocenters. The molecule has 4 nitrogen and oxygen atoms in total. The molecule has 0 bridgehead atoms. The molecule has 96 valence electrons. The Bertz CT molecular complexity index is 562. The van der Waals surface area contributed by atoms with Crippen LogP contribution in [0.1, 0.15) is 11.1 Å². The predicted octanol–water partition coefficient (Wildman–Crippen LogP) is 1.77. The fraction of sp³-hybridized carbons (Fsp3) is 0.250. The number of halogens is 1. The zero-order chi connectivity index (χ0) is 13.4. The Balaban J connectivity index is 2.71. The molecular formula is C12H13ClN2O2S. The van der Waals surface area contributed by atoms with Crippen LogP contribution in [-0.2, 0) is 15.8 Å². The van der Waals surface area contributed by atoms with Gasteiger partial charge in [0.2, 0.25) is 10.0 Å². The van der Waals surface area contributed by atoms with Crippen LogP contribution in [-0.4, -0.2) is 20.8 Å². The maximum atomic E-state index is 11.7. The second-order valence-corrected chi connectivity index (χ2v) is 5.62. The van der Waals surface area contributed by atoms with E-state index in [9.17, 15) is 8.42 Å². The van der Waals surface area contributed by atoms with Crippen molar-refractivity contribution in [2.75, 3.05) is 12.4 Å². The number of nitrogens with zero attached hydrogens (tertiary/aromatic N) is 1. The van der Waals surface area contributed by atoms with Crippen molar-refractivity contribution < 1.29 is 8.42 Å². The Kier molecular flexibility index (Phi) is 5.86. The summed E-state index contributed by atoms with van der Waals surface area (Å²) in [6.45, 7) is 0.198. The van der Waals surface area contributed by atoms with Crippen molar-refractivity contribution in [1.29, 1.82) is 5.26 Å². The molecular weight excluding hydrogens is 272 g/mol. The van der Waals surface area contributed by atoms with Crippen molar-refractivity contribution in [2.24, 2.45) is 0 Å². The highest BCUT2D eigenvalue weighted by molar-refractivity contribution is 7.88. The molecule has 1 aromatic carbocycles. The number of hydrogen-bond acceptors (Lipinski definition) is 3. The zero-order valence-corrected chi connectivity index (χ0v) is 11.2. The van der Waals surface area contributed by atoms with Gasteiger partial charge in [-0.3, -0.25) is 0 Å². The van der Waals surface area contributed by atoms with Crippen molar-refractivity contribution in [3.05, 3.63) is 47.5 Å². The van der Waals surface area contributed by atoms with Gasteiger partial charge in [-0.1, -0.05) is 30.4 Å². The topological polar surface area (TPSA) is 70.0 Å². The standard InChI is InChI=1S/C12H13ClN2O2S/c13-7-3-4-8-15-18(16,17)10-12-6-2-1-5-11(12)9-14/h1-6,15H,7-8,10H2/b4-3+. The largest absolute Gasteiger partial charge is 0.216 e. The highest BCUT2D eigenvalue weighted by Crippen LogP contribution is 2.10. The Labute approximate surface area is 112 Å². The summed E-state index contributed by atoms with van der Waals surface area (Å²) in [6.07, 6.45) is 3.30. The van der Waals surface area contributed by atoms with Crippen LogP contribution in [0.15, 0.2) is 36.4 Å². The lowest BCUT2D eigenvalue weighted by Crippen LogP contribution is -2.25. The van der Waals surface area contributed by atoms with Gasteiger partial charge in [0.1, 0.15) is 0 Å². The molecule has 18 heavy (non-hydrogen) atoms. The van der Waals surface area contributed by atoms with Crippen molar-refractivity contribution in [2.45, 2.75) is 5.75 Å². The van der Waals surface area contributed by atoms with Crippen LogP contribution >= 0.6 is 11.6 Å². The summed E-state index contributed by atoms with van der Waals surface area (Å²) in [4.78, 5) is 0. The highest BCUT2D eigenvalue weighted by atomic mass is 35.5. The summed E-state index contributed by atoms with van der Waals surface area (Å²) in [7, 11) is -3.44. The van der Waals surface area contributed by atoms with E-state index in [1.54, 1.807) is 36.4 Å². The van der Waals surface area contributed by atoms with Crippen LogP contribution in [0.2, 0.25) is 0 Å². The smallest absolute Gasteiger partial charge is 0.212 e.